The third kappa shape index (κ3) is 5.21. The number of carbonyl (C=O) groups is 1. The van der Waals surface area contributed by atoms with Gasteiger partial charge in [0.25, 0.3) is 11.6 Å². The van der Waals surface area contributed by atoms with Gasteiger partial charge >= 0.3 is 0 Å². The van der Waals surface area contributed by atoms with Crippen LogP contribution in [0.15, 0.2) is 72.8 Å². The number of carbonyl (C=O) groups excluding carboxylic acids is 1. The minimum Gasteiger partial charge on any atom is -0.350 e. The smallest absolute Gasteiger partial charge is 0.288 e. The lowest BCUT2D eigenvalue weighted by Crippen LogP contribution is -2.18. The molecule has 0 spiro atoms. The van der Waals surface area contributed by atoms with E-state index in [2.05, 4.69) is 20.7 Å². The number of nitro benzene ring substituents is 1. The number of rotatable bonds is 8. The number of para-hydroxylation sites is 1. The molecule has 0 aliphatic carbocycles. The van der Waals surface area contributed by atoms with Crippen molar-refractivity contribution in [3.63, 3.8) is 0 Å². The van der Waals surface area contributed by atoms with Crippen LogP contribution in [-0.4, -0.2) is 25.6 Å². The van der Waals surface area contributed by atoms with Gasteiger partial charge in [0.2, 0.25) is 11.9 Å². The van der Waals surface area contributed by atoms with Gasteiger partial charge in [-0.2, -0.15) is 9.67 Å². The minimum absolute atomic E-state index is 0.0362. The predicted molar refractivity (Wildman–Crippen MR) is 120 cm³/mol. The zero-order valence-electron chi connectivity index (χ0n) is 17.6. The van der Waals surface area contributed by atoms with Crippen molar-refractivity contribution in [3.05, 3.63) is 111 Å². The number of hydrogen-bond donors (Lipinski definition) is 2. The van der Waals surface area contributed by atoms with Crippen LogP contribution in [0.3, 0.4) is 0 Å². The lowest BCUT2D eigenvalue weighted by molar-refractivity contribution is -0.385. The third-order valence-corrected chi connectivity index (χ3v) is 4.86. The van der Waals surface area contributed by atoms with E-state index in [1.165, 1.54) is 48.5 Å². The fourth-order valence-corrected chi connectivity index (χ4v) is 3.14. The van der Waals surface area contributed by atoms with Crippen LogP contribution in [0.2, 0.25) is 0 Å². The first-order valence-electron chi connectivity index (χ1n) is 10.1. The Balaban J connectivity index is 1.62. The summed E-state index contributed by atoms with van der Waals surface area (Å²) in [6.07, 6.45) is 0. The summed E-state index contributed by atoms with van der Waals surface area (Å²) in [6, 6.07) is 17.1. The monoisotopic (exact) mass is 464 g/mol. The van der Waals surface area contributed by atoms with Crippen LogP contribution in [0.1, 0.15) is 21.5 Å². The molecular formula is C23H18F2N6O3. The summed E-state index contributed by atoms with van der Waals surface area (Å²) < 4.78 is 27.2. The topological polar surface area (TPSA) is 115 Å². The first-order valence-corrected chi connectivity index (χ1v) is 10.1. The quantitative estimate of drug-likeness (QED) is 0.294. The molecule has 0 radical (unpaired) electrons. The maximum atomic E-state index is 13.2. The second kappa shape index (κ2) is 9.86. The number of anilines is 2. The van der Waals surface area contributed by atoms with Gasteiger partial charge in [-0.1, -0.05) is 36.4 Å². The standard InChI is InChI=1S/C23H18F2N6O3/c24-17-9-5-15(6-10-17)13-26-22-28-23(27-14-16-7-11-18(25)12-8-16)30(29-22)21(32)19-3-1-2-4-20(19)31(33)34/h1-12H,13-14H2,(H2,26,27,28,29). The zero-order chi connectivity index (χ0) is 24.1. The van der Waals surface area contributed by atoms with Crippen LogP contribution in [0, 0.1) is 21.7 Å². The van der Waals surface area contributed by atoms with Crippen LogP contribution >= 0.6 is 0 Å². The molecule has 0 fully saturated rings. The Morgan fingerprint density at radius 3 is 2.03 bits per heavy atom. The zero-order valence-corrected chi connectivity index (χ0v) is 17.6. The fraction of sp³-hybridized carbons (Fsp3) is 0.0870. The Morgan fingerprint density at radius 2 is 1.44 bits per heavy atom. The highest BCUT2D eigenvalue weighted by Gasteiger charge is 2.25. The Kier molecular flexibility index (Phi) is 6.53. The summed E-state index contributed by atoms with van der Waals surface area (Å²) in [4.78, 5) is 28.2. The van der Waals surface area contributed by atoms with Crippen molar-refractivity contribution in [1.29, 1.82) is 0 Å². The molecule has 0 saturated heterocycles. The maximum absolute atomic E-state index is 13.2. The summed E-state index contributed by atoms with van der Waals surface area (Å²) in [5.74, 6) is -1.39. The van der Waals surface area contributed by atoms with Gasteiger partial charge in [-0.15, -0.1) is 5.10 Å². The van der Waals surface area contributed by atoms with Crippen molar-refractivity contribution in [2.75, 3.05) is 10.6 Å². The lowest BCUT2D eigenvalue weighted by atomic mass is 10.1. The molecule has 9 nitrogen and oxygen atoms in total. The highest BCUT2D eigenvalue weighted by atomic mass is 19.1. The van der Waals surface area contributed by atoms with Crippen molar-refractivity contribution in [1.82, 2.24) is 14.8 Å². The van der Waals surface area contributed by atoms with Crippen molar-refractivity contribution < 1.29 is 18.5 Å². The van der Waals surface area contributed by atoms with Crippen molar-refractivity contribution in [3.8, 4) is 0 Å². The molecular weight excluding hydrogens is 446 g/mol. The number of nitrogens with zero attached hydrogens (tertiary/aromatic N) is 4. The van der Waals surface area contributed by atoms with Crippen molar-refractivity contribution in [2.24, 2.45) is 0 Å². The van der Waals surface area contributed by atoms with Gasteiger partial charge in [0.1, 0.15) is 17.2 Å². The Morgan fingerprint density at radius 1 is 0.882 bits per heavy atom. The van der Waals surface area contributed by atoms with Crippen LogP contribution in [0.4, 0.5) is 26.4 Å². The fourth-order valence-electron chi connectivity index (χ4n) is 3.14. The summed E-state index contributed by atoms with van der Waals surface area (Å²) in [5.41, 5.74) is 0.944. The average Bonchev–Trinajstić information content (AvgIpc) is 3.26. The minimum atomic E-state index is -0.753. The molecule has 3 aromatic carbocycles. The SMILES string of the molecule is O=C(c1ccccc1[N+](=O)[O-])n1nc(NCc2ccc(F)cc2)nc1NCc1ccc(F)cc1. The normalized spacial score (nSPS) is 10.6. The first-order chi connectivity index (χ1) is 16.4. The largest absolute Gasteiger partial charge is 0.350 e. The van der Waals surface area contributed by atoms with Gasteiger partial charge in [0.15, 0.2) is 0 Å². The van der Waals surface area contributed by atoms with Crippen LogP contribution in [0.5, 0.6) is 0 Å². The van der Waals surface area contributed by atoms with Gasteiger partial charge in [-0.3, -0.25) is 14.9 Å². The molecule has 0 atom stereocenters. The number of halogens is 2. The number of nitrogens with one attached hydrogen (secondary N) is 2. The molecule has 0 saturated carbocycles. The van der Waals surface area contributed by atoms with E-state index < -0.39 is 10.8 Å². The molecule has 4 aromatic rings. The second-order valence-corrected chi connectivity index (χ2v) is 7.21. The van der Waals surface area contributed by atoms with E-state index in [1.54, 1.807) is 24.3 Å². The van der Waals surface area contributed by atoms with E-state index in [0.717, 1.165) is 15.8 Å². The lowest BCUT2D eigenvalue weighted by Gasteiger charge is -2.07. The van der Waals surface area contributed by atoms with Gasteiger partial charge in [0.05, 0.1) is 4.92 Å². The summed E-state index contributed by atoms with van der Waals surface area (Å²) in [7, 11) is 0. The number of aromatic nitrogens is 3. The van der Waals surface area contributed by atoms with Crippen LogP contribution in [0.25, 0.3) is 0 Å². The van der Waals surface area contributed by atoms with Crippen LogP contribution < -0.4 is 10.6 Å². The van der Waals surface area contributed by atoms with Crippen LogP contribution in [-0.2, 0) is 13.1 Å². The number of hydrogen-bond acceptors (Lipinski definition) is 7. The van der Waals surface area contributed by atoms with E-state index in [9.17, 15) is 23.7 Å². The van der Waals surface area contributed by atoms with Gasteiger partial charge in [0, 0.05) is 19.2 Å². The van der Waals surface area contributed by atoms with E-state index in [-0.39, 0.29) is 47.9 Å². The number of nitro groups is 1. The molecule has 34 heavy (non-hydrogen) atoms. The molecule has 0 unspecified atom stereocenters. The molecule has 0 aliphatic rings. The molecule has 4 rings (SSSR count). The third-order valence-electron chi connectivity index (χ3n) is 4.86. The van der Waals surface area contributed by atoms with Gasteiger partial charge in [-0.25, -0.2) is 8.78 Å². The molecule has 0 aliphatic heterocycles. The summed E-state index contributed by atoms with van der Waals surface area (Å²) in [6.45, 7) is 0.446. The predicted octanol–water partition coefficient (Wildman–Crippen LogP) is 4.38. The molecule has 11 heteroatoms. The molecule has 1 heterocycles. The molecule has 172 valence electrons. The number of benzene rings is 3. The highest BCUT2D eigenvalue weighted by Crippen LogP contribution is 2.21. The van der Waals surface area contributed by atoms with E-state index in [1.807, 2.05) is 0 Å². The molecule has 2 N–H and O–H groups in total. The summed E-state index contributed by atoms with van der Waals surface area (Å²) in [5, 5.41) is 21.5. The van der Waals surface area contributed by atoms with E-state index >= 15 is 0 Å². The first kappa shape index (κ1) is 22.5. The molecule has 0 bridgehead atoms. The van der Waals surface area contributed by atoms with E-state index in [4.69, 9.17) is 0 Å². The Labute approximate surface area is 192 Å². The highest BCUT2D eigenvalue weighted by molar-refractivity contribution is 6.00. The Bertz CT molecular complexity index is 1320. The average molecular weight is 464 g/mol. The van der Waals surface area contributed by atoms with Crippen molar-refractivity contribution in [2.45, 2.75) is 13.1 Å². The summed E-state index contributed by atoms with van der Waals surface area (Å²) >= 11 is 0. The molecule has 1 aromatic heterocycles. The van der Waals surface area contributed by atoms with Gasteiger partial charge in [-0.05, 0) is 41.5 Å². The van der Waals surface area contributed by atoms with E-state index in [0.29, 0.717) is 0 Å². The van der Waals surface area contributed by atoms with Crippen molar-refractivity contribution >= 4 is 23.5 Å². The second-order valence-electron chi connectivity index (χ2n) is 7.21. The van der Waals surface area contributed by atoms with Gasteiger partial charge < -0.3 is 10.6 Å². The maximum Gasteiger partial charge on any atom is 0.288 e. The Hall–Kier alpha value is -4.67. The molecule has 0 amide bonds.